The summed E-state index contributed by atoms with van der Waals surface area (Å²) in [6.07, 6.45) is 0. The summed E-state index contributed by atoms with van der Waals surface area (Å²) >= 11 is 12.0. The van der Waals surface area contributed by atoms with Crippen LogP contribution >= 0.6 is 35.6 Å². The normalized spacial score (nSPS) is 18.6. The Morgan fingerprint density at radius 3 is 2.41 bits per heavy atom. The average Bonchev–Trinajstić information content (AvgIpc) is 3.11. The highest BCUT2D eigenvalue weighted by atomic mass is 35.5. The number of thiocarbonyl (C=S) groups is 1. The van der Waals surface area contributed by atoms with Crippen LogP contribution in [0.15, 0.2) is 53.4 Å². The van der Waals surface area contributed by atoms with Crippen LogP contribution < -0.4 is 10.0 Å². The predicted octanol–water partition coefficient (Wildman–Crippen LogP) is 2.21. The Bertz CT molecular complexity index is 1100. The van der Waals surface area contributed by atoms with Crippen LogP contribution in [-0.4, -0.2) is 33.5 Å². The molecule has 1 fully saturated rings. The van der Waals surface area contributed by atoms with E-state index in [0.29, 0.717) is 22.8 Å². The standard InChI is InChI=1S/C20H13ClN2O4S2/c21-12-7-5-11(6-8-12)9-22-14-4-2-1-3-13(14)16(18(22)26)17-19(27)23(10-15(24)25)20(28)29-17/h1-8H,9-10H2,(H,24,25)/p-1/b17-16-. The zero-order chi connectivity index (χ0) is 20.7. The van der Waals surface area contributed by atoms with Gasteiger partial charge >= 0.3 is 0 Å². The number of hydrogen-bond acceptors (Lipinski definition) is 6. The molecule has 0 unspecified atom stereocenters. The van der Waals surface area contributed by atoms with Gasteiger partial charge in [0.05, 0.1) is 35.2 Å². The number of carboxylic acid groups (broad SMARTS) is 1. The molecule has 0 N–H and O–H groups in total. The van der Waals surface area contributed by atoms with Gasteiger partial charge in [-0.05, 0) is 23.8 Å². The quantitative estimate of drug-likeness (QED) is 0.532. The minimum absolute atomic E-state index is 0.0862. The number of thioether (sulfide) groups is 1. The molecule has 0 atom stereocenters. The average molecular weight is 444 g/mol. The zero-order valence-corrected chi connectivity index (χ0v) is 17.1. The van der Waals surface area contributed by atoms with Gasteiger partial charge in [-0.15, -0.1) is 0 Å². The van der Waals surface area contributed by atoms with Crippen LogP contribution in [0.25, 0.3) is 5.57 Å². The summed E-state index contributed by atoms with van der Waals surface area (Å²) in [4.78, 5) is 39.7. The molecule has 0 bridgehead atoms. The van der Waals surface area contributed by atoms with Gasteiger partial charge < -0.3 is 14.8 Å². The minimum atomic E-state index is -1.42. The Kier molecular flexibility index (Phi) is 5.16. The summed E-state index contributed by atoms with van der Waals surface area (Å²) in [5.41, 5.74) is 2.39. The highest BCUT2D eigenvalue weighted by Crippen LogP contribution is 2.44. The van der Waals surface area contributed by atoms with E-state index in [-0.39, 0.29) is 20.7 Å². The van der Waals surface area contributed by atoms with Gasteiger partial charge in [0.25, 0.3) is 11.8 Å². The molecule has 0 saturated carbocycles. The smallest absolute Gasteiger partial charge is 0.267 e. The maximum absolute atomic E-state index is 13.3. The molecule has 2 aliphatic rings. The molecule has 29 heavy (non-hydrogen) atoms. The number of hydrogen-bond donors (Lipinski definition) is 0. The molecule has 0 aromatic heterocycles. The molecular weight excluding hydrogens is 432 g/mol. The summed E-state index contributed by atoms with van der Waals surface area (Å²) < 4.78 is 0.0862. The first-order valence-electron chi connectivity index (χ1n) is 8.50. The lowest BCUT2D eigenvalue weighted by Crippen LogP contribution is -2.40. The molecular formula is C20H12ClN2O4S2-. The molecule has 146 valence electrons. The highest BCUT2D eigenvalue weighted by molar-refractivity contribution is 8.26. The van der Waals surface area contributed by atoms with Gasteiger partial charge in [-0.3, -0.25) is 14.5 Å². The number of anilines is 1. The van der Waals surface area contributed by atoms with Crippen molar-refractivity contribution in [3.8, 4) is 0 Å². The molecule has 2 aliphatic heterocycles. The minimum Gasteiger partial charge on any atom is -0.548 e. The van der Waals surface area contributed by atoms with Gasteiger partial charge in [0.15, 0.2) is 0 Å². The summed E-state index contributed by atoms with van der Waals surface area (Å²) in [5.74, 6) is -2.36. The number of rotatable bonds is 4. The van der Waals surface area contributed by atoms with E-state index in [1.165, 1.54) is 0 Å². The maximum Gasteiger partial charge on any atom is 0.267 e. The lowest BCUT2D eigenvalue weighted by Gasteiger charge is -2.17. The van der Waals surface area contributed by atoms with E-state index in [2.05, 4.69) is 0 Å². The molecule has 1 saturated heterocycles. The molecule has 6 nitrogen and oxygen atoms in total. The van der Waals surface area contributed by atoms with Crippen molar-refractivity contribution in [1.29, 1.82) is 0 Å². The van der Waals surface area contributed by atoms with E-state index in [9.17, 15) is 19.5 Å². The molecule has 2 amide bonds. The number of amides is 2. The lowest BCUT2D eigenvalue weighted by molar-refractivity contribution is -0.305. The topological polar surface area (TPSA) is 80.7 Å². The van der Waals surface area contributed by atoms with E-state index in [1.54, 1.807) is 35.2 Å². The Morgan fingerprint density at radius 1 is 1.03 bits per heavy atom. The molecule has 2 aromatic carbocycles. The second kappa shape index (κ2) is 7.62. The fraction of sp³-hybridized carbons (Fsp3) is 0.100. The Balaban J connectivity index is 1.76. The van der Waals surface area contributed by atoms with Crippen LogP contribution in [0.5, 0.6) is 0 Å². The second-order valence-corrected chi connectivity index (χ2v) is 8.45. The molecule has 0 aliphatic carbocycles. The molecule has 0 spiro atoms. The Hall–Kier alpha value is -2.68. The van der Waals surface area contributed by atoms with Crippen LogP contribution in [0.2, 0.25) is 5.02 Å². The van der Waals surface area contributed by atoms with Gasteiger partial charge in [0.1, 0.15) is 4.32 Å². The van der Waals surface area contributed by atoms with Crippen molar-refractivity contribution in [1.82, 2.24) is 4.90 Å². The van der Waals surface area contributed by atoms with Crippen LogP contribution in [0.3, 0.4) is 0 Å². The summed E-state index contributed by atoms with van der Waals surface area (Å²) in [6.45, 7) is -0.346. The van der Waals surface area contributed by atoms with Crippen molar-refractivity contribution in [2.45, 2.75) is 6.54 Å². The van der Waals surface area contributed by atoms with E-state index in [1.807, 2.05) is 18.2 Å². The second-order valence-electron chi connectivity index (χ2n) is 6.37. The summed E-state index contributed by atoms with van der Waals surface area (Å²) in [7, 11) is 0. The molecule has 0 radical (unpaired) electrons. The number of nitrogens with zero attached hydrogens (tertiary/aromatic N) is 2. The van der Waals surface area contributed by atoms with Gasteiger partial charge in [-0.1, -0.05) is 65.9 Å². The third kappa shape index (κ3) is 3.55. The van der Waals surface area contributed by atoms with Gasteiger partial charge in [0, 0.05) is 10.6 Å². The van der Waals surface area contributed by atoms with Crippen LogP contribution in [0.1, 0.15) is 11.1 Å². The highest BCUT2D eigenvalue weighted by Gasteiger charge is 2.41. The van der Waals surface area contributed by atoms with E-state index in [0.717, 1.165) is 22.2 Å². The summed E-state index contributed by atoms with van der Waals surface area (Å²) in [6, 6.07) is 14.3. The first-order valence-corrected chi connectivity index (χ1v) is 10.1. The molecule has 9 heteroatoms. The third-order valence-electron chi connectivity index (χ3n) is 4.54. The number of carboxylic acids is 1. The van der Waals surface area contributed by atoms with Crippen LogP contribution in [0, 0.1) is 0 Å². The fourth-order valence-corrected chi connectivity index (χ4v) is 4.70. The summed E-state index contributed by atoms with van der Waals surface area (Å²) in [5, 5.41) is 11.5. The largest absolute Gasteiger partial charge is 0.548 e. The monoisotopic (exact) mass is 443 g/mol. The van der Waals surface area contributed by atoms with E-state index < -0.39 is 18.4 Å². The SMILES string of the molecule is O=C([O-])CN1C(=O)/C(=C2/C(=O)N(Cc3ccc(Cl)cc3)c3ccccc32)SC1=S. The Morgan fingerprint density at radius 2 is 1.72 bits per heavy atom. The van der Waals surface area contributed by atoms with Crippen LogP contribution in [-0.2, 0) is 20.9 Å². The first kappa shape index (κ1) is 19.6. The van der Waals surface area contributed by atoms with Crippen molar-refractivity contribution in [3.63, 3.8) is 0 Å². The molecule has 2 heterocycles. The number of benzene rings is 2. The number of carbonyl (C=O) groups is 3. The number of carbonyl (C=O) groups excluding carboxylic acids is 3. The first-order chi connectivity index (χ1) is 13.9. The number of para-hydroxylation sites is 1. The molecule has 2 aromatic rings. The Labute approximate surface area is 180 Å². The van der Waals surface area contributed by atoms with Crippen molar-refractivity contribution in [3.05, 3.63) is 69.6 Å². The van der Waals surface area contributed by atoms with Gasteiger partial charge in [0.2, 0.25) is 0 Å². The predicted molar refractivity (Wildman–Crippen MR) is 113 cm³/mol. The zero-order valence-electron chi connectivity index (χ0n) is 14.8. The molecule has 4 rings (SSSR count). The van der Waals surface area contributed by atoms with Crippen LogP contribution in [0.4, 0.5) is 5.69 Å². The lowest BCUT2D eigenvalue weighted by atomic mass is 10.1. The fourth-order valence-electron chi connectivity index (χ4n) is 3.24. The van der Waals surface area contributed by atoms with Gasteiger partial charge in [-0.2, -0.15) is 0 Å². The van der Waals surface area contributed by atoms with Crippen molar-refractivity contribution >= 4 is 68.9 Å². The van der Waals surface area contributed by atoms with Crippen molar-refractivity contribution < 1.29 is 19.5 Å². The van der Waals surface area contributed by atoms with Crippen molar-refractivity contribution in [2.75, 3.05) is 11.4 Å². The van der Waals surface area contributed by atoms with Crippen molar-refractivity contribution in [2.24, 2.45) is 0 Å². The number of fused-ring (bicyclic) bond motifs is 1. The van der Waals surface area contributed by atoms with E-state index >= 15 is 0 Å². The number of aliphatic carboxylic acids is 1. The van der Waals surface area contributed by atoms with Gasteiger partial charge in [-0.25, -0.2) is 0 Å². The van der Waals surface area contributed by atoms with E-state index in [4.69, 9.17) is 23.8 Å². The maximum atomic E-state index is 13.3. The number of halogens is 1. The third-order valence-corrected chi connectivity index (χ3v) is 6.24.